The molecule has 1 heterocycles. The van der Waals surface area contributed by atoms with E-state index in [1.54, 1.807) is 12.0 Å². The molecule has 1 aliphatic rings. The molecule has 6 heteroatoms. The first-order valence-electron chi connectivity index (χ1n) is 10.3. The van der Waals surface area contributed by atoms with Gasteiger partial charge in [-0.15, -0.1) is 0 Å². The van der Waals surface area contributed by atoms with Crippen LogP contribution in [0.2, 0.25) is 0 Å². The van der Waals surface area contributed by atoms with Crippen LogP contribution in [0, 0.1) is 6.92 Å². The van der Waals surface area contributed by atoms with Crippen molar-refractivity contribution >= 4 is 40.3 Å². The molecule has 1 fully saturated rings. The minimum absolute atomic E-state index is 0.0248. The normalized spacial score (nSPS) is 16.6. The fraction of sp³-hybridized carbons (Fsp3) is 0.333. The van der Waals surface area contributed by atoms with E-state index < -0.39 is 0 Å². The number of anilines is 1. The zero-order valence-electron chi connectivity index (χ0n) is 18.3. The third-order valence-corrected chi connectivity index (χ3v) is 6.10. The Balaban J connectivity index is 1.93. The molecule has 158 valence electrons. The van der Waals surface area contributed by atoms with Crippen LogP contribution in [0.25, 0.3) is 6.08 Å². The number of rotatable bonds is 7. The number of benzene rings is 2. The molecule has 0 bridgehead atoms. The average Bonchev–Trinajstić information content (AvgIpc) is 3.05. The minimum atomic E-state index is -0.0248. The van der Waals surface area contributed by atoms with Crippen molar-refractivity contribution in [2.24, 2.45) is 4.99 Å². The molecular weight excluding hydrogens is 394 g/mol. The first-order valence-corrected chi connectivity index (χ1v) is 11.1. The summed E-state index contributed by atoms with van der Waals surface area (Å²) in [4.78, 5) is 22.3. The highest BCUT2D eigenvalue weighted by molar-refractivity contribution is 8.18. The third-order valence-electron chi connectivity index (χ3n) is 5.10. The van der Waals surface area contributed by atoms with Gasteiger partial charge in [0.1, 0.15) is 5.75 Å². The van der Waals surface area contributed by atoms with E-state index in [0.29, 0.717) is 16.6 Å². The lowest BCUT2D eigenvalue weighted by molar-refractivity contribution is -0.122. The van der Waals surface area contributed by atoms with Gasteiger partial charge in [0, 0.05) is 37.0 Å². The summed E-state index contributed by atoms with van der Waals surface area (Å²) in [5.41, 5.74) is 4.03. The fourth-order valence-electron chi connectivity index (χ4n) is 3.35. The molecule has 30 heavy (non-hydrogen) atoms. The SMILES string of the molecule is CCN1C(=O)/C(=C\c2ccc(N(CC)CC)cc2OC)SC1=Nc1ccc(C)cc1. The zero-order chi connectivity index (χ0) is 21.7. The van der Waals surface area contributed by atoms with E-state index in [2.05, 4.69) is 24.8 Å². The number of carbonyl (C=O) groups is 1. The molecule has 0 aliphatic carbocycles. The van der Waals surface area contributed by atoms with Gasteiger partial charge in [-0.05, 0) is 69.8 Å². The molecule has 0 unspecified atom stereocenters. The Bertz CT molecular complexity index is 963. The minimum Gasteiger partial charge on any atom is -0.496 e. The van der Waals surface area contributed by atoms with Crippen LogP contribution in [-0.4, -0.2) is 42.7 Å². The van der Waals surface area contributed by atoms with Crippen LogP contribution >= 0.6 is 11.8 Å². The van der Waals surface area contributed by atoms with Gasteiger partial charge in [-0.1, -0.05) is 17.7 Å². The summed E-state index contributed by atoms with van der Waals surface area (Å²) in [7, 11) is 1.66. The van der Waals surface area contributed by atoms with Gasteiger partial charge in [0.2, 0.25) is 0 Å². The maximum Gasteiger partial charge on any atom is 0.266 e. The molecule has 0 spiro atoms. The van der Waals surface area contributed by atoms with E-state index in [1.165, 1.54) is 17.3 Å². The van der Waals surface area contributed by atoms with Crippen LogP contribution in [0.5, 0.6) is 5.75 Å². The number of thioether (sulfide) groups is 1. The lowest BCUT2D eigenvalue weighted by Gasteiger charge is -2.22. The molecule has 1 saturated heterocycles. The van der Waals surface area contributed by atoms with E-state index in [0.717, 1.165) is 35.8 Å². The molecule has 0 saturated carbocycles. The second-order valence-electron chi connectivity index (χ2n) is 6.99. The van der Waals surface area contributed by atoms with E-state index in [-0.39, 0.29) is 5.91 Å². The Labute approximate surface area is 183 Å². The summed E-state index contributed by atoms with van der Waals surface area (Å²) in [5, 5.41) is 0.705. The smallest absolute Gasteiger partial charge is 0.266 e. The number of hydrogen-bond donors (Lipinski definition) is 0. The van der Waals surface area contributed by atoms with Gasteiger partial charge in [-0.3, -0.25) is 9.69 Å². The Morgan fingerprint density at radius 2 is 1.80 bits per heavy atom. The van der Waals surface area contributed by atoms with Crippen molar-refractivity contribution in [1.29, 1.82) is 0 Å². The van der Waals surface area contributed by atoms with Crippen LogP contribution in [0.3, 0.4) is 0 Å². The zero-order valence-corrected chi connectivity index (χ0v) is 19.1. The number of carbonyl (C=O) groups excluding carboxylic acids is 1. The van der Waals surface area contributed by atoms with Crippen LogP contribution in [-0.2, 0) is 4.79 Å². The predicted octanol–water partition coefficient (Wildman–Crippen LogP) is 5.47. The van der Waals surface area contributed by atoms with Gasteiger partial charge >= 0.3 is 0 Å². The van der Waals surface area contributed by atoms with Gasteiger partial charge in [-0.25, -0.2) is 4.99 Å². The van der Waals surface area contributed by atoms with Gasteiger partial charge in [0.05, 0.1) is 17.7 Å². The second kappa shape index (κ2) is 9.85. The van der Waals surface area contributed by atoms with Gasteiger partial charge < -0.3 is 9.64 Å². The van der Waals surface area contributed by atoms with E-state index in [1.807, 2.05) is 56.3 Å². The van der Waals surface area contributed by atoms with Crippen LogP contribution < -0.4 is 9.64 Å². The number of aliphatic imine (C=N–C) groups is 1. The summed E-state index contributed by atoms with van der Waals surface area (Å²) >= 11 is 1.41. The summed E-state index contributed by atoms with van der Waals surface area (Å²) in [6.07, 6.45) is 1.90. The monoisotopic (exact) mass is 423 g/mol. The summed E-state index contributed by atoms with van der Waals surface area (Å²) in [6.45, 7) is 10.7. The van der Waals surface area contributed by atoms with Crippen LogP contribution in [0.1, 0.15) is 31.9 Å². The van der Waals surface area contributed by atoms with Gasteiger partial charge in [-0.2, -0.15) is 0 Å². The maximum atomic E-state index is 13.0. The lowest BCUT2D eigenvalue weighted by atomic mass is 10.1. The number of methoxy groups -OCH3 is 1. The number of aryl methyl sites for hydroxylation is 1. The van der Waals surface area contributed by atoms with Crippen molar-refractivity contribution in [3.63, 3.8) is 0 Å². The van der Waals surface area contributed by atoms with E-state index in [4.69, 9.17) is 9.73 Å². The Kier molecular flexibility index (Phi) is 7.21. The number of amidine groups is 1. The van der Waals surface area contributed by atoms with E-state index in [9.17, 15) is 4.79 Å². The van der Waals surface area contributed by atoms with Crippen molar-refractivity contribution in [3.05, 3.63) is 58.5 Å². The van der Waals surface area contributed by atoms with Crippen molar-refractivity contribution in [2.75, 3.05) is 31.6 Å². The number of nitrogens with zero attached hydrogens (tertiary/aromatic N) is 3. The number of hydrogen-bond acceptors (Lipinski definition) is 5. The topological polar surface area (TPSA) is 45.1 Å². The summed E-state index contributed by atoms with van der Waals surface area (Å²) in [6, 6.07) is 14.1. The molecule has 0 radical (unpaired) electrons. The second-order valence-corrected chi connectivity index (χ2v) is 8.00. The molecule has 5 nitrogen and oxygen atoms in total. The molecule has 0 N–H and O–H groups in total. The third kappa shape index (κ3) is 4.70. The largest absolute Gasteiger partial charge is 0.496 e. The molecular formula is C24H29N3O2S. The molecule has 3 rings (SSSR count). The average molecular weight is 424 g/mol. The van der Waals surface area contributed by atoms with Crippen molar-refractivity contribution in [2.45, 2.75) is 27.7 Å². The maximum absolute atomic E-state index is 13.0. The van der Waals surface area contributed by atoms with Crippen LogP contribution in [0.4, 0.5) is 11.4 Å². The number of amides is 1. The first kappa shape index (κ1) is 22.0. The highest BCUT2D eigenvalue weighted by Crippen LogP contribution is 2.36. The Morgan fingerprint density at radius 3 is 2.40 bits per heavy atom. The summed E-state index contributed by atoms with van der Waals surface area (Å²) in [5.74, 6) is 0.732. The molecule has 2 aromatic rings. The first-order chi connectivity index (χ1) is 14.5. The molecule has 1 amide bonds. The van der Waals surface area contributed by atoms with Crippen molar-refractivity contribution in [1.82, 2.24) is 4.90 Å². The molecule has 0 aromatic heterocycles. The highest BCUT2D eigenvalue weighted by atomic mass is 32.2. The van der Waals surface area contributed by atoms with Gasteiger partial charge in [0.25, 0.3) is 5.91 Å². The van der Waals surface area contributed by atoms with Crippen molar-refractivity contribution < 1.29 is 9.53 Å². The Morgan fingerprint density at radius 1 is 1.10 bits per heavy atom. The molecule has 2 aromatic carbocycles. The number of ether oxygens (including phenoxy) is 1. The summed E-state index contributed by atoms with van der Waals surface area (Å²) < 4.78 is 5.62. The molecule has 0 atom stereocenters. The fourth-order valence-corrected chi connectivity index (χ4v) is 4.40. The Hall–Kier alpha value is -2.73. The highest BCUT2D eigenvalue weighted by Gasteiger charge is 2.32. The standard InChI is InChI=1S/C24H29N3O2S/c1-6-26(7-2)20-14-11-18(21(16-20)29-5)15-22-23(28)27(8-3)24(30-22)25-19-12-9-17(4)10-13-19/h9-16H,6-8H2,1-5H3/b22-15+,25-24?. The van der Waals surface area contributed by atoms with Crippen molar-refractivity contribution in [3.8, 4) is 5.75 Å². The lowest BCUT2D eigenvalue weighted by Crippen LogP contribution is -2.28. The van der Waals surface area contributed by atoms with E-state index >= 15 is 0 Å². The van der Waals surface area contributed by atoms with Crippen LogP contribution in [0.15, 0.2) is 52.4 Å². The predicted molar refractivity (Wildman–Crippen MR) is 128 cm³/mol. The van der Waals surface area contributed by atoms with Gasteiger partial charge in [0.15, 0.2) is 5.17 Å². The molecule has 1 aliphatic heterocycles. The quantitative estimate of drug-likeness (QED) is 0.554. The number of likely N-dealkylation sites (N-methyl/N-ethyl adjacent to an activating group) is 1.